The minimum absolute atomic E-state index is 0.202. The van der Waals surface area contributed by atoms with E-state index >= 15 is 0 Å². The second-order valence-electron chi connectivity index (χ2n) is 6.88. The van der Waals surface area contributed by atoms with Crippen molar-refractivity contribution >= 4 is 21.6 Å². The van der Waals surface area contributed by atoms with Crippen molar-refractivity contribution in [3.8, 4) is 0 Å². The van der Waals surface area contributed by atoms with E-state index in [1.165, 1.54) is 10.4 Å². The highest BCUT2D eigenvalue weighted by atomic mass is 35.5. The fourth-order valence-electron chi connectivity index (χ4n) is 3.48. The molecule has 130 valence electrons. The lowest BCUT2D eigenvalue weighted by Crippen LogP contribution is -2.61. The van der Waals surface area contributed by atoms with E-state index < -0.39 is 15.6 Å². The van der Waals surface area contributed by atoms with Gasteiger partial charge < -0.3 is 4.74 Å². The zero-order chi connectivity index (χ0) is 17.2. The highest BCUT2D eigenvalue weighted by molar-refractivity contribution is 7.89. The molecule has 25 heavy (non-hydrogen) atoms. The average molecular weight is 378 g/mol. The van der Waals surface area contributed by atoms with Crippen molar-refractivity contribution in [2.75, 3.05) is 13.1 Å². The molecule has 1 aromatic carbocycles. The minimum Gasteiger partial charge on any atom is -0.361 e. The normalized spacial score (nSPS) is 22.0. The number of hydrogen-bond acceptors (Lipinski definition) is 5. The molecule has 8 heteroatoms. The minimum atomic E-state index is -3.57. The molecule has 2 fully saturated rings. The van der Waals surface area contributed by atoms with Crippen LogP contribution in [-0.2, 0) is 27.0 Å². The summed E-state index contributed by atoms with van der Waals surface area (Å²) in [6, 6.07) is 6.32. The summed E-state index contributed by atoms with van der Waals surface area (Å²) in [4.78, 5) is 9.30. The van der Waals surface area contributed by atoms with Crippen LogP contribution in [0.25, 0.3) is 0 Å². The Kier molecular flexibility index (Phi) is 3.29. The molecule has 3 heterocycles. The molecule has 0 N–H and O–H groups in total. The third-order valence-electron chi connectivity index (χ3n) is 5.10. The van der Waals surface area contributed by atoms with Gasteiger partial charge in [-0.3, -0.25) is 0 Å². The van der Waals surface area contributed by atoms with Crippen LogP contribution in [0.3, 0.4) is 0 Å². The Bertz CT molecular complexity index is 969. The first-order chi connectivity index (χ1) is 12.0. The molecular weight excluding hydrogens is 362 g/mol. The first kappa shape index (κ1) is 15.7. The van der Waals surface area contributed by atoms with Gasteiger partial charge in [-0.2, -0.15) is 4.31 Å². The summed E-state index contributed by atoms with van der Waals surface area (Å²) in [5.74, 6) is 1.38. The summed E-state index contributed by atoms with van der Waals surface area (Å²) in [7, 11) is -3.57. The number of hydrogen-bond donors (Lipinski definition) is 0. The zero-order valence-corrected chi connectivity index (χ0v) is 14.9. The molecule has 6 nitrogen and oxygen atoms in total. The van der Waals surface area contributed by atoms with Crippen LogP contribution in [0.4, 0.5) is 0 Å². The van der Waals surface area contributed by atoms with Crippen LogP contribution in [0.1, 0.15) is 35.8 Å². The fraction of sp³-hybridized carbons (Fsp3) is 0.412. The monoisotopic (exact) mass is 377 g/mol. The number of benzene rings is 1. The summed E-state index contributed by atoms with van der Waals surface area (Å²) in [6.07, 6.45) is 4.12. The van der Waals surface area contributed by atoms with E-state index in [4.69, 9.17) is 16.3 Å². The third-order valence-corrected chi connectivity index (χ3v) is 7.13. The molecule has 1 saturated carbocycles. The lowest BCUT2D eigenvalue weighted by atomic mass is 9.90. The van der Waals surface area contributed by atoms with E-state index in [1.54, 1.807) is 18.2 Å². The van der Waals surface area contributed by atoms with Crippen molar-refractivity contribution in [2.45, 2.75) is 35.9 Å². The molecule has 5 rings (SSSR count). The number of aromatic nitrogens is 2. The average Bonchev–Trinajstić information content (AvgIpc) is 3.33. The molecule has 0 unspecified atom stereocenters. The number of fused-ring (bicyclic) bond motifs is 2. The SMILES string of the molecule is O=S(=O)(c1cccc(Cl)c1)N1CC2(C1)OCc1nc(C3CC3)ncc12. The molecule has 0 atom stereocenters. The van der Waals surface area contributed by atoms with Crippen molar-refractivity contribution in [1.29, 1.82) is 0 Å². The van der Waals surface area contributed by atoms with Gasteiger partial charge in [0, 0.05) is 35.8 Å². The maximum atomic E-state index is 12.8. The van der Waals surface area contributed by atoms with E-state index in [0.29, 0.717) is 17.5 Å². The molecule has 1 spiro atoms. The van der Waals surface area contributed by atoms with Gasteiger partial charge in [0.15, 0.2) is 0 Å². The first-order valence-corrected chi connectivity index (χ1v) is 10.1. The topological polar surface area (TPSA) is 72.4 Å². The molecule has 1 aliphatic carbocycles. The molecule has 0 bridgehead atoms. The van der Waals surface area contributed by atoms with Crippen molar-refractivity contribution in [3.05, 3.63) is 52.6 Å². The Hall–Kier alpha value is -1.54. The summed E-state index contributed by atoms with van der Waals surface area (Å²) in [5.41, 5.74) is 1.22. The number of sulfonamides is 1. The van der Waals surface area contributed by atoms with Crippen molar-refractivity contribution in [3.63, 3.8) is 0 Å². The van der Waals surface area contributed by atoms with Gasteiger partial charge >= 0.3 is 0 Å². The van der Waals surface area contributed by atoms with Crippen molar-refractivity contribution in [1.82, 2.24) is 14.3 Å². The van der Waals surface area contributed by atoms with Gasteiger partial charge in [-0.25, -0.2) is 18.4 Å². The second-order valence-corrected chi connectivity index (χ2v) is 9.25. The predicted octanol–water partition coefficient (Wildman–Crippen LogP) is 2.44. The molecule has 1 aromatic heterocycles. The van der Waals surface area contributed by atoms with Gasteiger partial charge in [0.25, 0.3) is 0 Å². The maximum Gasteiger partial charge on any atom is 0.243 e. The third kappa shape index (κ3) is 2.41. The number of ether oxygens (including phenoxy) is 1. The summed E-state index contributed by atoms with van der Waals surface area (Å²) in [6.45, 7) is 0.977. The summed E-state index contributed by atoms with van der Waals surface area (Å²) in [5, 5.41) is 0.403. The largest absolute Gasteiger partial charge is 0.361 e. The Morgan fingerprint density at radius 2 is 2.08 bits per heavy atom. The van der Waals surface area contributed by atoms with E-state index in [1.807, 2.05) is 6.20 Å². The van der Waals surface area contributed by atoms with Crippen LogP contribution in [0.2, 0.25) is 5.02 Å². The molecule has 1 saturated heterocycles. The van der Waals surface area contributed by atoms with Gasteiger partial charge in [0.05, 0.1) is 17.2 Å². The van der Waals surface area contributed by atoms with Gasteiger partial charge in [-0.05, 0) is 31.0 Å². The smallest absolute Gasteiger partial charge is 0.243 e. The summed E-state index contributed by atoms with van der Waals surface area (Å²) >= 11 is 5.93. The second kappa shape index (κ2) is 5.23. The van der Waals surface area contributed by atoms with Gasteiger partial charge in [0.1, 0.15) is 11.4 Å². The van der Waals surface area contributed by atoms with E-state index in [0.717, 1.165) is 29.9 Å². The molecule has 2 aromatic rings. The van der Waals surface area contributed by atoms with E-state index in [-0.39, 0.29) is 18.0 Å². The quantitative estimate of drug-likeness (QED) is 0.821. The number of rotatable bonds is 3. The zero-order valence-electron chi connectivity index (χ0n) is 13.4. The Morgan fingerprint density at radius 1 is 1.28 bits per heavy atom. The van der Waals surface area contributed by atoms with E-state index in [2.05, 4.69) is 9.97 Å². The lowest BCUT2D eigenvalue weighted by Gasteiger charge is -2.46. The number of halogens is 1. The van der Waals surface area contributed by atoms with Crippen LogP contribution >= 0.6 is 11.6 Å². The van der Waals surface area contributed by atoms with Crippen molar-refractivity contribution in [2.24, 2.45) is 0 Å². The predicted molar refractivity (Wildman–Crippen MR) is 90.7 cm³/mol. The number of nitrogens with zero attached hydrogens (tertiary/aromatic N) is 3. The molecule has 0 radical (unpaired) electrons. The standard InChI is InChI=1S/C17H16ClN3O3S/c18-12-2-1-3-13(6-12)25(22,23)21-9-17(10-21)14-7-19-16(11-4-5-11)20-15(14)8-24-17/h1-3,6-7,11H,4-5,8-10H2. The summed E-state index contributed by atoms with van der Waals surface area (Å²) < 4.78 is 32.9. The lowest BCUT2D eigenvalue weighted by molar-refractivity contribution is -0.112. The highest BCUT2D eigenvalue weighted by Gasteiger charge is 2.55. The van der Waals surface area contributed by atoms with Crippen LogP contribution < -0.4 is 0 Å². The van der Waals surface area contributed by atoms with Crippen molar-refractivity contribution < 1.29 is 13.2 Å². The van der Waals surface area contributed by atoms with E-state index in [9.17, 15) is 8.42 Å². The Labute approximate surface area is 150 Å². The Morgan fingerprint density at radius 3 is 2.80 bits per heavy atom. The van der Waals surface area contributed by atoms with Gasteiger partial charge in [0.2, 0.25) is 10.0 Å². The molecule has 3 aliphatic rings. The molecule has 2 aliphatic heterocycles. The molecule has 0 amide bonds. The van der Waals surface area contributed by atoms with Crippen LogP contribution in [0.5, 0.6) is 0 Å². The van der Waals surface area contributed by atoms with Crippen LogP contribution in [0.15, 0.2) is 35.4 Å². The fourth-order valence-corrected chi connectivity index (χ4v) is 5.31. The van der Waals surface area contributed by atoms with Crippen LogP contribution in [0, 0.1) is 0 Å². The highest BCUT2D eigenvalue weighted by Crippen LogP contribution is 2.46. The van der Waals surface area contributed by atoms with Gasteiger partial charge in [-0.15, -0.1) is 0 Å². The van der Waals surface area contributed by atoms with Gasteiger partial charge in [-0.1, -0.05) is 17.7 Å². The molecular formula is C17H16ClN3O3S. The maximum absolute atomic E-state index is 12.8. The van der Waals surface area contributed by atoms with Crippen LogP contribution in [-0.4, -0.2) is 35.8 Å². The Balaban J connectivity index is 1.40. The first-order valence-electron chi connectivity index (χ1n) is 8.24.